The van der Waals surface area contributed by atoms with Gasteiger partial charge < -0.3 is 15.5 Å². The van der Waals surface area contributed by atoms with Gasteiger partial charge in [-0.15, -0.1) is 0 Å². The van der Waals surface area contributed by atoms with Crippen LogP contribution in [-0.2, 0) is 21.7 Å². The second-order valence-corrected chi connectivity index (χ2v) is 6.66. The Hall–Kier alpha value is -2.67. The van der Waals surface area contributed by atoms with Gasteiger partial charge in [-0.1, -0.05) is 30.3 Å². The van der Waals surface area contributed by atoms with Crippen molar-refractivity contribution in [3.63, 3.8) is 0 Å². The molecule has 1 aliphatic heterocycles. The van der Waals surface area contributed by atoms with E-state index in [1.54, 1.807) is 17.9 Å². The van der Waals surface area contributed by atoms with Crippen LogP contribution in [0.4, 0.5) is 0 Å². The second-order valence-electron chi connectivity index (χ2n) is 6.66. The lowest BCUT2D eigenvalue weighted by molar-refractivity contribution is -0.144. The van der Waals surface area contributed by atoms with Crippen molar-refractivity contribution in [2.24, 2.45) is 0 Å². The molecule has 2 amide bonds. The van der Waals surface area contributed by atoms with Gasteiger partial charge in [-0.3, -0.25) is 14.3 Å². The molecule has 2 N–H and O–H groups in total. The first-order valence-electron chi connectivity index (χ1n) is 8.89. The van der Waals surface area contributed by atoms with Crippen LogP contribution >= 0.6 is 0 Å². The number of carbonyl (C=O) groups is 2. The van der Waals surface area contributed by atoms with Gasteiger partial charge in [0, 0.05) is 26.0 Å². The van der Waals surface area contributed by atoms with E-state index >= 15 is 0 Å². The number of piperidine rings is 1. The summed E-state index contributed by atoms with van der Waals surface area (Å²) >= 11 is 0. The fourth-order valence-electron chi connectivity index (χ4n) is 3.40. The highest BCUT2D eigenvalue weighted by molar-refractivity contribution is 5.89. The van der Waals surface area contributed by atoms with Crippen molar-refractivity contribution in [3.8, 4) is 0 Å². The molecule has 0 spiro atoms. The van der Waals surface area contributed by atoms with Gasteiger partial charge in [-0.2, -0.15) is 5.10 Å². The maximum atomic E-state index is 13.2. The average molecular weight is 355 g/mol. The number of nitrogens with zero attached hydrogens (tertiary/aromatic N) is 3. The van der Waals surface area contributed by atoms with E-state index in [1.165, 1.54) is 4.90 Å². The summed E-state index contributed by atoms with van der Waals surface area (Å²) < 4.78 is 1.74. The summed E-state index contributed by atoms with van der Waals surface area (Å²) in [6.07, 6.45) is 4.82. The number of likely N-dealkylation sites (N-methyl/N-ethyl adjacent to an activating group) is 1. The maximum absolute atomic E-state index is 13.2. The molecule has 0 bridgehead atoms. The topological polar surface area (TPSA) is 79.3 Å². The van der Waals surface area contributed by atoms with E-state index in [0.29, 0.717) is 19.4 Å². The van der Waals surface area contributed by atoms with E-state index in [-0.39, 0.29) is 18.4 Å². The quantitative estimate of drug-likeness (QED) is 0.801. The Morgan fingerprint density at radius 2 is 1.96 bits per heavy atom. The normalized spacial score (nSPS) is 16.0. The molecule has 0 unspecified atom stereocenters. The van der Waals surface area contributed by atoms with Crippen molar-refractivity contribution in [3.05, 3.63) is 54.4 Å². The molecule has 138 valence electrons. The molecule has 0 atom stereocenters. The van der Waals surface area contributed by atoms with Gasteiger partial charge in [-0.25, -0.2) is 0 Å². The third-order valence-electron chi connectivity index (χ3n) is 4.83. The maximum Gasteiger partial charge on any atom is 0.250 e. The first kappa shape index (κ1) is 18.1. The summed E-state index contributed by atoms with van der Waals surface area (Å²) in [7, 11) is 1.68. The summed E-state index contributed by atoms with van der Waals surface area (Å²) in [5, 5.41) is 10.5. The molecule has 2 heterocycles. The SMILES string of the molecule is CN(CC(=O)NCc1ccccc1)C(=O)C1(n2cccn2)CCNCC1. The Balaban J connectivity index is 1.63. The number of aromatic nitrogens is 2. The molecular formula is C19H25N5O2. The van der Waals surface area contributed by atoms with Crippen LogP contribution in [0.1, 0.15) is 18.4 Å². The molecule has 1 saturated heterocycles. The zero-order chi connectivity index (χ0) is 18.4. The number of hydrogen-bond donors (Lipinski definition) is 2. The van der Waals surface area contributed by atoms with Crippen molar-refractivity contribution >= 4 is 11.8 Å². The molecule has 0 saturated carbocycles. The zero-order valence-corrected chi connectivity index (χ0v) is 15.0. The van der Waals surface area contributed by atoms with E-state index in [1.807, 2.05) is 42.6 Å². The fraction of sp³-hybridized carbons (Fsp3) is 0.421. The smallest absolute Gasteiger partial charge is 0.250 e. The van der Waals surface area contributed by atoms with Gasteiger partial charge in [0.15, 0.2) is 0 Å². The highest BCUT2D eigenvalue weighted by Crippen LogP contribution is 2.28. The number of hydrogen-bond acceptors (Lipinski definition) is 4. The Morgan fingerprint density at radius 3 is 2.62 bits per heavy atom. The van der Waals surface area contributed by atoms with Crippen LogP contribution in [0.25, 0.3) is 0 Å². The molecule has 2 aromatic rings. The molecule has 0 radical (unpaired) electrons. The molecule has 7 nitrogen and oxygen atoms in total. The van der Waals surface area contributed by atoms with E-state index in [9.17, 15) is 9.59 Å². The lowest BCUT2D eigenvalue weighted by Gasteiger charge is -2.39. The minimum atomic E-state index is -0.719. The molecule has 1 fully saturated rings. The first-order chi connectivity index (χ1) is 12.6. The van der Waals surface area contributed by atoms with Crippen molar-refractivity contribution in [2.75, 3.05) is 26.7 Å². The Bertz CT molecular complexity index is 724. The monoisotopic (exact) mass is 355 g/mol. The lowest BCUT2D eigenvalue weighted by atomic mass is 9.87. The number of rotatable bonds is 6. The van der Waals surface area contributed by atoms with Gasteiger partial charge in [0.25, 0.3) is 5.91 Å². The Labute approximate surface area is 153 Å². The van der Waals surface area contributed by atoms with Gasteiger partial charge in [0.2, 0.25) is 5.91 Å². The fourth-order valence-corrected chi connectivity index (χ4v) is 3.40. The predicted octanol–water partition coefficient (Wildman–Crippen LogP) is 0.737. The highest BCUT2D eigenvalue weighted by atomic mass is 16.2. The third kappa shape index (κ3) is 3.94. The number of nitrogens with one attached hydrogen (secondary N) is 2. The van der Waals surface area contributed by atoms with Gasteiger partial charge in [0.05, 0.1) is 6.54 Å². The third-order valence-corrected chi connectivity index (χ3v) is 4.83. The summed E-state index contributed by atoms with van der Waals surface area (Å²) in [5.41, 5.74) is 0.310. The van der Waals surface area contributed by atoms with E-state index in [0.717, 1.165) is 18.7 Å². The molecule has 0 aliphatic carbocycles. The van der Waals surface area contributed by atoms with Crippen LogP contribution < -0.4 is 10.6 Å². The van der Waals surface area contributed by atoms with Gasteiger partial charge in [0.1, 0.15) is 5.54 Å². The summed E-state index contributed by atoms with van der Waals surface area (Å²) in [6.45, 7) is 1.98. The molecule has 1 aromatic heterocycles. The Kier molecular flexibility index (Phi) is 5.68. The van der Waals surface area contributed by atoms with Crippen molar-refractivity contribution in [1.82, 2.24) is 25.3 Å². The summed E-state index contributed by atoms with van der Waals surface area (Å²) in [5.74, 6) is -0.244. The minimum absolute atomic E-state index is 0.0299. The van der Waals surface area contributed by atoms with Crippen molar-refractivity contribution in [1.29, 1.82) is 0 Å². The van der Waals surface area contributed by atoms with Crippen LogP contribution in [0.3, 0.4) is 0 Å². The second kappa shape index (κ2) is 8.14. The van der Waals surface area contributed by atoms with E-state index < -0.39 is 5.54 Å². The summed E-state index contributed by atoms with van der Waals surface area (Å²) in [6, 6.07) is 11.5. The van der Waals surface area contributed by atoms with Crippen LogP contribution in [-0.4, -0.2) is 53.2 Å². The Morgan fingerprint density at radius 1 is 1.23 bits per heavy atom. The lowest BCUT2D eigenvalue weighted by Crippen LogP contribution is -2.56. The molecule has 3 rings (SSSR count). The summed E-state index contributed by atoms with van der Waals surface area (Å²) in [4.78, 5) is 27.0. The molecule has 7 heteroatoms. The van der Waals surface area contributed by atoms with Crippen LogP contribution in [0.15, 0.2) is 48.8 Å². The first-order valence-corrected chi connectivity index (χ1v) is 8.89. The molecule has 1 aliphatic rings. The number of amides is 2. The zero-order valence-electron chi connectivity index (χ0n) is 15.0. The highest BCUT2D eigenvalue weighted by Gasteiger charge is 2.43. The standard InChI is InChI=1S/C19H25N5O2/c1-23(15-17(25)21-14-16-6-3-2-4-7-16)18(26)19(8-11-20-12-9-19)24-13-5-10-22-24/h2-7,10,13,20H,8-9,11-12,14-15H2,1H3,(H,21,25). The minimum Gasteiger partial charge on any atom is -0.350 e. The van der Waals surface area contributed by atoms with Crippen LogP contribution in [0.5, 0.6) is 0 Å². The number of carbonyl (C=O) groups excluding carboxylic acids is 2. The predicted molar refractivity (Wildman–Crippen MR) is 98.2 cm³/mol. The van der Waals surface area contributed by atoms with Crippen molar-refractivity contribution in [2.45, 2.75) is 24.9 Å². The van der Waals surface area contributed by atoms with Gasteiger partial charge in [-0.05, 0) is 37.6 Å². The van der Waals surface area contributed by atoms with E-state index in [4.69, 9.17) is 0 Å². The molecular weight excluding hydrogens is 330 g/mol. The molecule has 1 aromatic carbocycles. The van der Waals surface area contributed by atoms with Gasteiger partial charge >= 0.3 is 0 Å². The molecule has 26 heavy (non-hydrogen) atoms. The largest absolute Gasteiger partial charge is 0.350 e. The van der Waals surface area contributed by atoms with E-state index in [2.05, 4.69) is 15.7 Å². The number of benzene rings is 1. The average Bonchev–Trinajstić information content (AvgIpc) is 3.22. The van der Waals surface area contributed by atoms with Crippen LogP contribution in [0, 0.1) is 0 Å². The van der Waals surface area contributed by atoms with Crippen molar-refractivity contribution < 1.29 is 9.59 Å². The van der Waals surface area contributed by atoms with Crippen LogP contribution in [0.2, 0.25) is 0 Å².